The molecule has 2 heterocycles. The molecule has 0 fully saturated rings. The summed E-state index contributed by atoms with van der Waals surface area (Å²) in [4.78, 5) is 4.66. The molecule has 0 radical (unpaired) electrons. The van der Waals surface area contributed by atoms with Gasteiger partial charge >= 0.3 is 212 Å². The molecule has 33 heavy (non-hydrogen) atoms. The van der Waals surface area contributed by atoms with Crippen molar-refractivity contribution in [2.45, 2.75) is 60.3 Å². The van der Waals surface area contributed by atoms with Gasteiger partial charge in [0.15, 0.2) is 0 Å². The molecule has 5 rings (SSSR count). The first-order chi connectivity index (χ1) is 18.0. The molecule has 3 aromatic carbocycles. The predicted octanol–water partition coefficient (Wildman–Crippen LogP) is 8.46. The van der Waals surface area contributed by atoms with Gasteiger partial charge in [-0.1, -0.05) is 0 Å². The summed E-state index contributed by atoms with van der Waals surface area (Å²) in [5, 5.41) is 2.88. The molecule has 0 spiro atoms. The zero-order valence-electron chi connectivity index (χ0n) is 26.4. The standard InChI is InChI=1S/C31H33NSe/c1-19-21(18-30(2,3)4)12-13-24-25-14-15-32-27(29(25)33-28(19)24)22-16-20-10-8-9-11-23(20)26(17-22)31(5,6)7/h8-17H,18H2,1-7H3/i8D,9D,10D,11D,15D,17D. The van der Waals surface area contributed by atoms with Crippen LogP contribution in [0.25, 0.3) is 41.3 Å². The summed E-state index contributed by atoms with van der Waals surface area (Å²) in [5.74, 6) is 0. The fraction of sp³-hybridized carbons (Fsp3) is 0.323. The average Bonchev–Trinajstić information content (AvgIpc) is 3.20. The van der Waals surface area contributed by atoms with Gasteiger partial charge in [-0.2, -0.15) is 0 Å². The van der Waals surface area contributed by atoms with E-state index in [0.29, 0.717) is 27.6 Å². The first-order valence-electron chi connectivity index (χ1n) is 14.4. The van der Waals surface area contributed by atoms with Crippen LogP contribution in [0.2, 0.25) is 0 Å². The van der Waals surface area contributed by atoms with E-state index in [1.807, 2.05) is 26.8 Å². The Morgan fingerprint density at radius 2 is 1.64 bits per heavy atom. The Morgan fingerprint density at radius 1 is 0.909 bits per heavy atom. The monoisotopic (exact) mass is 505 g/mol. The van der Waals surface area contributed by atoms with Crippen LogP contribution >= 0.6 is 0 Å². The summed E-state index contributed by atoms with van der Waals surface area (Å²) in [5.41, 5.74) is 3.88. The summed E-state index contributed by atoms with van der Waals surface area (Å²) in [6.45, 7) is 14.8. The van der Waals surface area contributed by atoms with Gasteiger partial charge in [-0.05, 0) is 0 Å². The Balaban J connectivity index is 1.92. The Morgan fingerprint density at radius 3 is 2.36 bits per heavy atom. The first-order valence-corrected chi connectivity index (χ1v) is 13.1. The first kappa shape index (κ1) is 16.3. The van der Waals surface area contributed by atoms with Crippen molar-refractivity contribution in [1.82, 2.24) is 4.98 Å². The van der Waals surface area contributed by atoms with Gasteiger partial charge in [0.05, 0.1) is 0 Å². The van der Waals surface area contributed by atoms with Gasteiger partial charge in [0, 0.05) is 0 Å². The Bertz CT molecular complexity index is 1820. The van der Waals surface area contributed by atoms with Crippen molar-refractivity contribution in [3.8, 4) is 11.3 Å². The molecule has 5 aromatic rings. The summed E-state index contributed by atoms with van der Waals surface area (Å²) >= 11 is -0.0853. The van der Waals surface area contributed by atoms with Crippen LogP contribution in [0.3, 0.4) is 0 Å². The maximum absolute atomic E-state index is 9.34. The quantitative estimate of drug-likeness (QED) is 0.220. The van der Waals surface area contributed by atoms with E-state index >= 15 is 0 Å². The number of fused-ring (bicyclic) bond motifs is 4. The maximum atomic E-state index is 9.34. The van der Waals surface area contributed by atoms with Crippen LogP contribution in [0.5, 0.6) is 0 Å². The fourth-order valence-electron chi connectivity index (χ4n) is 4.53. The topological polar surface area (TPSA) is 12.9 Å². The zero-order valence-corrected chi connectivity index (χ0v) is 22.1. The van der Waals surface area contributed by atoms with E-state index in [4.69, 9.17) is 6.85 Å². The van der Waals surface area contributed by atoms with Crippen LogP contribution < -0.4 is 0 Å². The van der Waals surface area contributed by atoms with Crippen LogP contribution in [-0.2, 0) is 11.8 Å². The molecule has 0 N–H and O–H groups in total. The number of benzene rings is 3. The van der Waals surface area contributed by atoms with Gasteiger partial charge in [-0.15, -0.1) is 0 Å². The van der Waals surface area contributed by atoms with Crippen molar-refractivity contribution < 1.29 is 8.22 Å². The fourth-order valence-corrected chi connectivity index (χ4v) is 7.27. The van der Waals surface area contributed by atoms with Crippen LogP contribution in [0.4, 0.5) is 0 Å². The van der Waals surface area contributed by atoms with Crippen LogP contribution in [0.15, 0.2) is 60.7 Å². The molecule has 1 nitrogen and oxygen atoms in total. The van der Waals surface area contributed by atoms with E-state index in [1.54, 1.807) is 6.07 Å². The van der Waals surface area contributed by atoms with E-state index in [0.717, 1.165) is 21.5 Å². The van der Waals surface area contributed by atoms with Gasteiger partial charge in [0.1, 0.15) is 0 Å². The molecular weight excluding hydrogens is 465 g/mol. The molecule has 0 bridgehead atoms. The molecular formula is C31H33NSe. The van der Waals surface area contributed by atoms with Gasteiger partial charge in [-0.3, -0.25) is 0 Å². The molecule has 2 aromatic heterocycles. The molecule has 0 aliphatic heterocycles. The summed E-state index contributed by atoms with van der Waals surface area (Å²) in [7, 11) is 0. The van der Waals surface area contributed by atoms with Crippen LogP contribution in [0.1, 0.15) is 66.5 Å². The molecule has 0 saturated heterocycles. The summed E-state index contributed by atoms with van der Waals surface area (Å²) in [6.07, 6.45) is 1.09. The van der Waals surface area contributed by atoms with E-state index < -0.39 is 5.41 Å². The molecule has 0 aliphatic carbocycles. The van der Waals surface area contributed by atoms with Gasteiger partial charge in [0.2, 0.25) is 0 Å². The number of rotatable bonds is 2. The Labute approximate surface area is 212 Å². The second kappa shape index (κ2) is 7.83. The third-order valence-corrected chi connectivity index (χ3v) is 8.93. The molecule has 0 atom stereocenters. The van der Waals surface area contributed by atoms with Crippen LogP contribution in [-0.4, -0.2) is 19.5 Å². The van der Waals surface area contributed by atoms with E-state index in [2.05, 4.69) is 44.8 Å². The van der Waals surface area contributed by atoms with Gasteiger partial charge < -0.3 is 0 Å². The minimum atomic E-state index is -0.558. The van der Waals surface area contributed by atoms with E-state index in [-0.39, 0.29) is 56.3 Å². The number of pyridine rings is 1. The second-order valence-corrected chi connectivity index (χ2v) is 13.3. The number of hydrogen-bond donors (Lipinski definition) is 0. The third kappa shape index (κ3) is 4.05. The molecule has 0 unspecified atom stereocenters. The summed E-state index contributed by atoms with van der Waals surface area (Å²) < 4.78 is 54.1. The van der Waals surface area contributed by atoms with E-state index in [9.17, 15) is 1.37 Å². The number of aryl methyl sites for hydroxylation is 1. The number of hydrogen-bond acceptors (Lipinski definition) is 1. The molecule has 0 amide bonds. The minimum absolute atomic E-state index is 0.0853. The SMILES string of the molecule is [2H]c1cc2c([se]c3c(C)c(CC(C)(C)C)ccc32)c(-c2cc3c([2H])c([2H])c([2H])c([2H])c3c(C(C)(C)C)c2[2H])n1. The van der Waals surface area contributed by atoms with Crippen molar-refractivity contribution >= 4 is 44.6 Å². The normalized spacial score (nSPS) is 15.4. The van der Waals surface area contributed by atoms with Crippen molar-refractivity contribution in [1.29, 1.82) is 0 Å². The van der Waals surface area contributed by atoms with Crippen molar-refractivity contribution in [2.75, 3.05) is 0 Å². The van der Waals surface area contributed by atoms with Gasteiger partial charge in [-0.25, -0.2) is 0 Å². The molecule has 0 aliphatic rings. The second-order valence-electron chi connectivity index (χ2n) is 11.1. The Hall–Kier alpha value is -2.41. The third-order valence-electron chi connectivity index (χ3n) is 6.10. The summed E-state index contributed by atoms with van der Waals surface area (Å²) in [6, 6.07) is 7.26. The van der Waals surface area contributed by atoms with Gasteiger partial charge in [0.25, 0.3) is 0 Å². The molecule has 0 saturated carbocycles. The van der Waals surface area contributed by atoms with E-state index in [1.165, 1.54) is 15.4 Å². The zero-order chi connectivity index (χ0) is 28.8. The molecule has 168 valence electrons. The Kier molecular flexibility index (Phi) is 3.86. The predicted molar refractivity (Wildman–Crippen MR) is 146 cm³/mol. The van der Waals surface area contributed by atoms with Crippen molar-refractivity contribution in [3.05, 3.63) is 77.3 Å². The molecule has 2 heteroatoms. The van der Waals surface area contributed by atoms with Crippen molar-refractivity contribution in [2.24, 2.45) is 5.41 Å². The average molecular weight is 505 g/mol. The number of aromatic nitrogens is 1. The van der Waals surface area contributed by atoms with Crippen molar-refractivity contribution in [3.63, 3.8) is 0 Å². The van der Waals surface area contributed by atoms with Crippen LogP contribution in [0, 0.1) is 12.3 Å². The number of nitrogens with zero attached hydrogens (tertiary/aromatic N) is 1.